The summed E-state index contributed by atoms with van der Waals surface area (Å²) in [4.78, 5) is 0. The molecule has 0 aliphatic heterocycles. The first-order chi connectivity index (χ1) is 11.5. The first kappa shape index (κ1) is 16.9. The number of aromatic nitrogens is 2. The maximum atomic E-state index is 10.3. The number of rotatable bonds is 5. The fourth-order valence-corrected chi connectivity index (χ4v) is 3.10. The van der Waals surface area contributed by atoms with Gasteiger partial charge in [-0.1, -0.05) is 35.3 Å². The van der Waals surface area contributed by atoms with Crippen molar-refractivity contribution in [3.8, 4) is 5.75 Å². The van der Waals surface area contributed by atoms with Gasteiger partial charge in [-0.2, -0.15) is 0 Å². The molecule has 0 aliphatic rings. The molecule has 0 spiro atoms. The third-order valence-corrected chi connectivity index (χ3v) is 4.40. The molecule has 0 radical (unpaired) electrons. The van der Waals surface area contributed by atoms with Crippen LogP contribution in [0.25, 0.3) is 11.0 Å². The minimum absolute atomic E-state index is 0.0943. The average molecular weight is 367 g/mol. The minimum atomic E-state index is -0.741. The first-order valence-electron chi connectivity index (χ1n) is 7.46. The molecule has 0 saturated heterocycles. The molecular weight excluding hydrogens is 349 g/mol. The number of anilines is 1. The van der Waals surface area contributed by atoms with Crippen molar-refractivity contribution in [1.29, 1.82) is 0 Å². The molecule has 7 heteroatoms. The van der Waals surface area contributed by atoms with Crippen LogP contribution in [0.15, 0.2) is 42.5 Å². The molecule has 0 aliphatic carbocycles. The second-order valence-corrected chi connectivity index (χ2v) is 6.40. The summed E-state index contributed by atoms with van der Waals surface area (Å²) < 4.78 is 9.34. The van der Waals surface area contributed by atoms with Crippen molar-refractivity contribution in [2.45, 2.75) is 12.6 Å². The van der Waals surface area contributed by atoms with Gasteiger partial charge in [0.1, 0.15) is 36.0 Å². The lowest BCUT2D eigenvalue weighted by atomic mass is 10.3. The molecule has 0 bridgehead atoms. The largest absolute Gasteiger partial charge is 0.489 e. The number of fused-ring (bicyclic) bond motifs is 1. The zero-order valence-electron chi connectivity index (χ0n) is 13.1. The van der Waals surface area contributed by atoms with Crippen molar-refractivity contribution < 1.29 is 14.4 Å². The topological polar surface area (TPSA) is 64.3 Å². The lowest BCUT2D eigenvalue weighted by molar-refractivity contribution is -0.630. The Bertz CT molecular complexity index is 880. The number of aliphatic hydroxyl groups is 1. The summed E-state index contributed by atoms with van der Waals surface area (Å²) in [6, 6.07) is 12.8. The van der Waals surface area contributed by atoms with Crippen molar-refractivity contribution in [1.82, 2.24) is 4.57 Å². The van der Waals surface area contributed by atoms with Crippen LogP contribution < -0.4 is 15.0 Å². The number of nitrogens with two attached hydrogens (primary N) is 1. The standard InChI is InChI=1S/C17H17Cl2N3O2/c1-21-14-4-2-3-5-15(14)22(17(21)20)9-12(23)10-24-16-7-6-11(18)8-13(16)19/h2-8,12,20,23H,9-10H2,1H3/p+1/t12-/m0/s1. The van der Waals surface area contributed by atoms with Crippen LogP contribution in [0.2, 0.25) is 10.0 Å². The van der Waals surface area contributed by atoms with Gasteiger partial charge in [0.05, 0.1) is 12.1 Å². The summed E-state index contributed by atoms with van der Waals surface area (Å²) in [5, 5.41) is 11.3. The fourth-order valence-electron chi connectivity index (χ4n) is 2.64. The molecule has 3 aromatic rings. The average Bonchev–Trinajstić information content (AvgIpc) is 2.79. The van der Waals surface area contributed by atoms with Crippen molar-refractivity contribution in [3.05, 3.63) is 52.5 Å². The Morgan fingerprint density at radius 2 is 2.00 bits per heavy atom. The lowest BCUT2D eigenvalue weighted by Gasteiger charge is -2.13. The Labute approximate surface area is 149 Å². The van der Waals surface area contributed by atoms with Gasteiger partial charge in [0, 0.05) is 5.02 Å². The van der Waals surface area contributed by atoms with Crippen LogP contribution in [0.3, 0.4) is 0 Å². The van der Waals surface area contributed by atoms with E-state index in [0.717, 1.165) is 11.0 Å². The number of aryl methyl sites for hydroxylation is 1. The number of halogens is 2. The van der Waals surface area contributed by atoms with Gasteiger partial charge in [-0.05, 0) is 30.3 Å². The van der Waals surface area contributed by atoms with Gasteiger partial charge < -0.3 is 9.84 Å². The predicted octanol–water partition coefficient (Wildman–Crippen LogP) is 2.79. The van der Waals surface area contributed by atoms with E-state index >= 15 is 0 Å². The van der Waals surface area contributed by atoms with E-state index in [1.165, 1.54) is 0 Å². The maximum Gasteiger partial charge on any atom is 0.355 e. The minimum Gasteiger partial charge on any atom is -0.489 e. The fraction of sp³-hybridized carbons (Fsp3) is 0.235. The van der Waals surface area contributed by atoms with Gasteiger partial charge in [0.15, 0.2) is 0 Å². The molecule has 0 amide bonds. The van der Waals surface area contributed by atoms with E-state index in [-0.39, 0.29) is 6.61 Å². The number of imidazole rings is 1. The molecule has 0 saturated carbocycles. The molecule has 1 atom stereocenters. The highest BCUT2D eigenvalue weighted by Gasteiger charge is 2.21. The SMILES string of the molecule is C[n+]1c(N)n(C[C@H](O)COc2ccc(Cl)cc2Cl)c2ccccc21. The molecule has 0 fully saturated rings. The number of nitrogens with zero attached hydrogens (tertiary/aromatic N) is 2. The summed E-state index contributed by atoms with van der Waals surface area (Å²) in [5.74, 6) is 1.05. The highest BCUT2D eigenvalue weighted by atomic mass is 35.5. The van der Waals surface area contributed by atoms with Crippen LogP contribution in [-0.2, 0) is 13.6 Å². The van der Waals surface area contributed by atoms with Crippen LogP contribution >= 0.6 is 23.2 Å². The van der Waals surface area contributed by atoms with E-state index in [9.17, 15) is 5.11 Å². The summed E-state index contributed by atoms with van der Waals surface area (Å²) in [6.07, 6.45) is -0.741. The number of para-hydroxylation sites is 2. The number of benzene rings is 2. The summed E-state index contributed by atoms with van der Waals surface area (Å²) >= 11 is 11.9. The van der Waals surface area contributed by atoms with Crippen molar-refractivity contribution in [2.24, 2.45) is 7.05 Å². The molecule has 1 heterocycles. The second-order valence-electron chi connectivity index (χ2n) is 5.56. The highest BCUT2D eigenvalue weighted by molar-refractivity contribution is 6.35. The van der Waals surface area contributed by atoms with Gasteiger partial charge in [-0.25, -0.2) is 9.13 Å². The van der Waals surface area contributed by atoms with Gasteiger partial charge in [0.2, 0.25) is 0 Å². The van der Waals surface area contributed by atoms with Crippen molar-refractivity contribution in [3.63, 3.8) is 0 Å². The van der Waals surface area contributed by atoms with E-state index in [1.54, 1.807) is 18.2 Å². The van der Waals surface area contributed by atoms with Crippen LogP contribution in [0, 0.1) is 0 Å². The smallest absolute Gasteiger partial charge is 0.355 e. The van der Waals surface area contributed by atoms with Crippen molar-refractivity contribution >= 4 is 40.2 Å². The Kier molecular flexibility index (Phi) is 4.85. The lowest BCUT2D eigenvalue weighted by Crippen LogP contribution is -2.33. The number of hydrogen-bond acceptors (Lipinski definition) is 3. The third kappa shape index (κ3) is 3.29. The first-order valence-corrected chi connectivity index (χ1v) is 8.21. The van der Waals surface area contributed by atoms with E-state index in [0.29, 0.717) is 28.3 Å². The number of ether oxygens (including phenoxy) is 1. The molecule has 2 aromatic carbocycles. The summed E-state index contributed by atoms with van der Waals surface area (Å²) in [7, 11) is 1.89. The summed E-state index contributed by atoms with van der Waals surface area (Å²) in [6.45, 7) is 0.412. The number of nitrogen functional groups attached to an aromatic ring is 1. The molecule has 3 N–H and O–H groups in total. The van der Waals surface area contributed by atoms with Crippen LogP contribution in [-0.4, -0.2) is 22.4 Å². The van der Waals surface area contributed by atoms with Crippen LogP contribution in [0.1, 0.15) is 0 Å². The van der Waals surface area contributed by atoms with Crippen molar-refractivity contribution in [2.75, 3.05) is 12.3 Å². The predicted molar refractivity (Wildman–Crippen MR) is 95.5 cm³/mol. The van der Waals surface area contributed by atoms with Gasteiger partial charge >= 0.3 is 5.95 Å². The second kappa shape index (κ2) is 6.89. The molecule has 3 rings (SSSR count). The van der Waals surface area contributed by atoms with E-state index in [2.05, 4.69) is 0 Å². The quantitative estimate of drug-likeness (QED) is 0.682. The Morgan fingerprint density at radius 3 is 2.75 bits per heavy atom. The normalized spacial score (nSPS) is 12.5. The molecule has 0 unspecified atom stereocenters. The van der Waals surface area contributed by atoms with Crippen LogP contribution in [0.4, 0.5) is 5.95 Å². The third-order valence-electron chi connectivity index (χ3n) is 3.87. The molecular formula is C17H18Cl2N3O2+. The Morgan fingerprint density at radius 1 is 1.25 bits per heavy atom. The highest BCUT2D eigenvalue weighted by Crippen LogP contribution is 2.27. The van der Waals surface area contributed by atoms with Gasteiger partial charge in [0.25, 0.3) is 0 Å². The summed E-state index contributed by atoms with van der Waals surface area (Å²) in [5.41, 5.74) is 8.11. The molecule has 5 nitrogen and oxygen atoms in total. The van der Waals surface area contributed by atoms with E-state index in [1.807, 2.05) is 40.4 Å². The Balaban J connectivity index is 1.73. The zero-order chi connectivity index (χ0) is 17.3. The van der Waals surface area contributed by atoms with E-state index < -0.39 is 6.10 Å². The van der Waals surface area contributed by atoms with Crippen LogP contribution in [0.5, 0.6) is 5.75 Å². The molecule has 24 heavy (non-hydrogen) atoms. The monoisotopic (exact) mass is 366 g/mol. The number of aliphatic hydroxyl groups excluding tert-OH is 1. The Hall–Kier alpha value is -1.95. The molecule has 1 aromatic heterocycles. The van der Waals surface area contributed by atoms with Gasteiger partial charge in [-0.3, -0.25) is 5.73 Å². The van der Waals surface area contributed by atoms with Gasteiger partial charge in [-0.15, -0.1) is 0 Å². The zero-order valence-corrected chi connectivity index (χ0v) is 14.6. The maximum absolute atomic E-state index is 10.3. The van der Waals surface area contributed by atoms with E-state index in [4.69, 9.17) is 33.7 Å². The molecule has 126 valence electrons. The number of hydrogen-bond donors (Lipinski definition) is 2.